The molecule has 0 amide bonds. The van der Waals surface area contributed by atoms with Gasteiger partial charge in [0, 0.05) is 0 Å². The first-order valence-corrected chi connectivity index (χ1v) is 4.36. The summed E-state index contributed by atoms with van der Waals surface area (Å²) in [5, 5.41) is 8.96. The van der Waals surface area contributed by atoms with Crippen LogP contribution in [0.3, 0.4) is 0 Å². The number of hydrogen-bond acceptors (Lipinski definition) is 2. The summed E-state index contributed by atoms with van der Waals surface area (Å²) in [6, 6.07) is 1.36. The molecule has 0 aliphatic carbocycles. The van der Waals surface area contributed by atoms with E-state index < -0.39 is 5.97 Å². The average molecular weight is 240 g/mol. The van der Waals surface area contributed by atoms with Gasteiger partial charge in [-0.3, -0.25) is 4.79 Å². The summed E-state index contributed by atoms with van der Waals surface area (Å²) in [4.78, 5) is 14.1. The van der Waals surface area contributed by atoms with Crippen molar-refractivity contribution in [2.75, 3.05) is 0 Å². The SMILES string of the molecule is O=C(O)Cc1nc(Cl)cc(Cl)c1Cl. The predicted molar refractivity (Wildman–Crippen MR) is 50.6 cm³/mol. The van der Waals surface area contributed by atoms with Crippen molar-refractivity contribution in [3.05, 3.63) is 27.0 Å². The molecule has 1 heterocycles. The Balaban J connectivity index is 3.12. The molecule has 0 radical (unpaired) electrons. The first-order valence-electron chi connectivity index (χ1n) is 3.23. The van der Waals surface area contributed by atoms with Gasteiger partial charge in [0.15, 0.2) is 0 Å². The molecule has 0 bridgehead atoms. The Morgan fingerprint density at radius 2 is 2.08 bits per heavy atom. The topological polar surface area (TPSA) is 50.2 Å². The number of nitrogens with zero attached hydrogens (tertiary/aromatic N) is 1. The standard InChI is InChI=1S/C7H4Cl3NO2/c8-3-1-5(9)11-4(7(3)10)2-6(12)13/h1H,2H2,(H,12,13). The molecule has 0 atom stereocenters. The largest absolute Gasteiger partial charge is 0.481 e. The fraction of sp³-hybridized carbons (Fsp3) is 0.143. The van der Waals surface area contributed by atoms with Crippen LogP contribution in [0.2, 0.25) is 15.2 Å². The van der Waals surface area contributed by atoms with Gasteiger partial charge in [-0.05, 0) is 6.07 Å². The summed E-state index contributed by atoms with van der Waals surface area (Å²) >= 11 is 16.9. The van der Waals surface area contributed by atoms with E-state index in [0.717, 1.165) is 0 Å². The first-order chi connectivity index (χ1) is 6.00. The van der Waals surface area contributed by atoms with E-state index in [0.29, 0.717) is 0 Å². The van der Waals surface area contributed by atoms with Crippen LogP contribution in [0.4, 0.5) is 0 Å². The van der Waals surface area contributed by atoms with Gasteiger partial charge in [0.05, 0.1) is 22.2 Å². The summed E-state index contributed by atoms with van der Waals surface area (Å²) in [5.41, 5.74) is 0.173. The van der Waals surface area contributed by atoms with E-state index in [2.05, 4.69) is 4.98 Å². The van der Waals surface area contributed by atoms with Gasteiger partial charge in [-0.15, -0.1) is 0 Å². The minimum atomic E-state index is -1.03. The fourth-order valence-corrected chi connectivity index (χ4v) is 1.42. The van der Waals surface area contributed by atoms with Crippen LogP contribution in [0.25, 0.3) is 0 Å². The number of carboxylic acid groups (broad SMARTS) is 1. The van der Waals surface area contributed by atoms with E-state index in [1.54, 1.807) is 0 Å². The summed E-state index contributed by atoms with van der Waals surface area (Å²) in [7, 11) is 0. The number of aliphatic carboxylic acids is 1. The highest BCUT2D eigenvalue weighted by atomic mass is 35.5. The molecule has 0 unspecified atom stereocenters. The molecular formula is C7H4Cl3NO2. The maximum absolute atomic E-state index is 10.4. The highest BCUT2D eigenvalue weighted by Gasteiger charge is 2.11. The highest BCUT2D eigenvalue weighted by molar-refractivity contribution is 6.43. The number of carbonyl (C=O) groups is 1. The molecule has 3 nitrogen and oxygen atoms in total. The van der Waals surface area contributed by atoms with E-state index in [1.807, 2.05) is 0 Å². The summed E-state index contributed by atoms with van der Waals surface area (Å²) in [5.74, 6) is -1.03. The molecule has 1 N–H and O–H groups in total. The lowest BCUT2D eigenvalue weighted by atomic mass is 10.3. The molecule has 1 rings (SSSR count). The van der Waals surface area contributed by atoms with Crippen LogP contribution in [0.5, 0.6) is 0 Å². The molecule has 0 aromatic carbocycles. The normalized spacial score (nSPS) is 10.1. The molecule has 1 aromatic rings. The van der Waals surface area contributed by atoms with Crippen LogP contribution in [-0.2, 0) is 11.2 Å². The second kappa shape index (κ2) is 4.13. The third-order valence-corrected chi connectivity index (χ3v) is 2.28. The van der Waals surface area contributed by atoms with Gasteiger partial charge >= 0.3 is 5.97 Å². The molecule has 1 aromatic heterocycles. The predicted octanol–water partition coefficient (Wildman–Crippen LogP) is 2.67. The van der Waals surface area contributed by atoms with E-state index in [1.165, 1.54) is 6.07 Å². The molecule has 0 spiro atoms. The smallest absolute Gasteiger partial charge is 0.309 e. The zero-order valence-electron chi connectivity index (χ0n) is 6.22. The van der Waals surface area contributed by atoms with E-state index in [9.17, 15) is 4.79 Å². The van der Waals surface area contributed by atoms with Gasteiger partial charge in [-0.25, -0.2) is 4.98 Å². The number of halogens is 3. The number of pyridine rings is 1. The zero-order valence-corrected chi connectivity index (χ0v) is 8.49. The Kier molecular flexibility index (Phi) is 3.36. The zero-order chi connectivity index (χ0) is 10.0. The molecule has 0 aliphatic heterocycles. The van der Waals surface area contributed by atoms with Gasteiger partial charge in [0.2, 0.25) is 0 Å². The molecule has 0 aliphatic rings. The summed E-state index contributed by atoms with van der Waals surface area (Å²) in [6.07, 6.45) is -0.293. The number of hydrogen-bond donors (Lipinski definition) is 1. The number of carboxylic acids is 1. The van der Waals surface area contributed by atoms with Crippen LogP contribution < -0.4 is 0 Å². The van der Waals surface area contributed by atoms with Gasteiger partial charge in [0.1, 0.15) is 5.15 Å². The van der Waals surface area contributed by atoms with Crippen molar-refractivity contribution in [2.24, 2.45) is 0 Å². The molecule has 6 heteroatoms. The van der Waals surface area contributed by atoms with Crippen molar-refractivity contribution >= 4 is 40.8 Å². The fourth-order valence-electron chi connectivity index (χ4n) is 0.776. The third kappa shape index (κ3) is 2.72. The Morgan fingerprint density at radius 3 is 2.62 bits per heavy atom. The minimum absolute atomic E-state index is 0.130. The molecule has 0 saturated heterocycles. The van der Waals surface area contributed by atoms with Crippen molar-refractivity contribution in [1.82, 2.24) is 4.98 Å². The quantitative estimate of drug-likeness (QED) is 0.809. The Morgan fingerprint density at radius 1 is 1.46 bits per heavy atom. The maximum atomic E-state index is 10.4. The molecule has 0 saturated carbocycles. The Bertz CT molecular complexity index is 354. The van der Waals surface area contributed by atoms with Gasteiger partial charge in [0.25, 0.3) is 0 Å². The molecule has 70 valence electrons. The van der Waals surface area contributed by atoms with Gasteiger partial charge in [-0.1, -0.05) is 34.8 Å². The second-order valence-corrected chi connectivity index (χ2v) is 3.43. The Labute approximate surface area is 89.2 Å². The highest BCUT2D eigenvalue weighted by Crippen LogP contribution is 2.27. The summed E-state index contributed by atoms with van der Waals surface area (Å²) in [6.45, 7) is 0. The second-order valence-electron chi connectivity index (χ2n) is 2.26. The lowest BCUT2D eigenvalue weighted by molar-refractivity contribution is -0.136. The van der Waals surface area contributed by atoms with Crippen molar-refractivity contribution in [1.29, 1.82) is 0 Å². The van der Waals surface area contributed by atoms with Crippen molar-refractivity contribution in [3.8, 4) is 0 Å². The average Bonchev–Trinajstić information content (AvgIpc) is 1.98. The van der Waals surface area contributed by atoms with E-state index in [4.69, 9.17) is 39.9 Å². The van der Waals surface area contributed by atoms with Crippen LogP contribution >= 0.6 is 34.8 Å². The van der Waals surface area contributed by atoms with Crippen LogP contribution in [-0.4, -0.2) is 16.1 Å². The molecular weight excluding hydrogens is 236 g/mol. The van der Waals surface area contributed by atoms with Crippen LogP contribution in [0, 0.1) is 0 Å². The van der Waals surface area contributed by atoms with E-state index in [-0.39, 0.29) is 27.3 Å². The minimum Gasteiger partial charge on any atom is -0.481 e. The van der Waals surface area contributed by atoms with Gasteiger partial charge in [-0.2, -0.15) is 0 Å². The maximum Gasteiger partial charge on any atom is 0.309 e. The van der Waals surface area contributed by atoms with Crippen LogP contribution in [0.15, 0.2) is 6.07 Å². The lowest BCUT2D eigenvalue weighted by Gasteiger charge is -2.02. The molecule has 0 fully saturated rings. The first kappa shape index (κ1) is 10.6. The van der Waals surface area contributed by atoms with Crippen molar-refractivity contribution in [3.63, 3.8) is 0 Å². The number of rotatable bonds is 2. The lowest BCUT2D eigenvalue weighted by Crippen LogP contribution is -2.03. The summed E-state index contributed by atoms with van der Waals surface area (Å²) < 4.78 is 0. The van der Waals surface area contributed by atoms with Crippen LogP contribution in [0.1, 0.15) is 5.69 Å². The van der Waals surface area contributed by atoms with Crippen molar-refractivity contribution < 1.29 is 9.90 Å². The van der Waals surface area contributed by atoms with Crippen molar-refractivity contribution in [2.45, 2.75) is 6.42 Å². The van der Waals surface area contributed by atoms with Gasteiger partial charge < -0.3 is 5.11 Å². The molecule has 13 heavy (non-hydrogen) atoms. The third-order valence-electron chi connectivity index (χ3n) is 1.27. The van der Waals surface area contributed by atoms with E-state index >= 15 is 0 Å². The Hall–Kier alpha value is -0.510. The number of aromatic nitrogens is 1. The monoisotopic (exact) mass is 239 g/mol.